The van der Waals surface area contributed by atoms with Crippen molar-refractivity contribution in [2.24, 2.45) is 0 Å². The monoisotopic (exact) mass is 381 g/mol. The van der Waals surface area contributed by atoms with E-state index in [0.29, 0.717) is 25.3 Å². The molecule has 146 valence electrons. The molecular formula is C22H24FN3O2. The molecule has 0 aromatic heterocycles. The van der Waals surface area contributed by atoms with E-state index in [9.17, 15) is 9.65 Å². The summed E-state index contributed by atoms with van der Waals surface area (Å²) < 4.78 is 24.9. The Labute approximate surface area is 164 Å². The van der Waals surface area contributed by atoms with Gasteiger partial charge in [0, 0.05) is 37.7 Å². The third kappa shape index (κ3) is 4.33. The lowest BCUT2D eigenvalue weighted by atomic mass is 9.93. The second-order valence-electron chi connectivity index (χ2n) is 7.27. The third-order valence-corrected chi connectivity index (χ3v) is 5.20. The van der Waals surface area contributed by atoms with E-state index in [-0.39, 0.29) is 18.0 Å². The van der Waals surface area contributed by atoms with E-state index in [1.165, 1.54) is 12.1 Å². The first-order valence-electron chi connectivity index (χ1n) is 9.73. The van der Waals surface area contributed by atoms with Gasteiger partial charge in [0.1, 0.15) is 18.2 Å². The van der Waals surface area contributed by atoms with E-state index in [4.69, 9.17) is 9.47 Å². The molecule has 2 heterocycles. The fraction of sp³-hybridized carbons (Fsp3) is 0.409. The van der Waals surface area contributed by atoms with Crippen LogP contribution in [0.2, 0.25) is 0 Å². The maximum absolute atomic E-state index is 13.4. The molecule has 1 saturated heterocycles. The molecule has 2 aromatic carbocycles. The van der Waals surface area contributed by atoms with Gasteiger partial charge in [-0.3, -0.25) is 5.32 Å². The quantitative estimate of drug-likeness (QED) is 0.834. The molecule has 2 N–H and O–H groups in total. The predicted molar refractivity (Wildman–Crippen MR) is 105 cm³/mol. The summed E-state index contributed by atoms with van der Waals surface area (Å²) in [5.74, 6) is 0.281. The summed E-state index contributed by atoms with van der Waals surface area (Å²) in [6.07, 6.45) is 1.72. The van der Waals surface area contributed by atoms with Crippen LogP contribution in [0, 0.1) is 17.1 Å². The summed E-state index contributed by atoms with van der Waals surface area (Å²) in [6.45, 7) is 3.60. The number of fused-ring (bicyclic) bond motifs is 3. The summed E-state index contributed by atoms with van der Waals surface area (Å²) in [5, 5.41) is 16.2. The summed E-state index contributed by atoms with van der Waals surface area (Å²) >= 11 is 0. The Kier molecular flexibility index (Phi) is 5.87. The van der Waals surface area contributed by atoms with Gasteiger partial charge in [-0.2, -0.15) is 5.26 Å². The van der Waals surface area contributed by atoms with Gasteiger partial charge in [0.15, 0.2) is 0 Å². The van der Waals surface area contributed by atoms with Crippen molar-refractivity contribution in [2.75, 3.05) is 26.2 Å². The van der Waals surface area contributed by atoms with Crippen LogP contribution in [0.25, 0.3) is 11.1 Å². The lowest BCUT2D eigenvalue weighted by Gasteiger charge is -2.22. The molecule has 2 unspecified atom stereocenters. The Bertz CT molecular complexity index is 873. The van der Waals surface area contributed by atoms with E-state index >= 15 is 0 Å². The first-order chi connectivity index (χ1) is 13.7. The van der Waals surface area contributed by atoms with Crippen molar-refractivity contribution < 1.29 is 13.9 Å². The molecule has 0 amide bonds. The van der Waals surface area contributed by atoms with Crippen molar-refractivity contribution in [2.45, 2.75) is 31.6 Å². The number of nitrogens with one attached hydrogen (secondary N) is 2. The highest BCUT2D eigenvalue weighted by Crippen LogP contribution is 2.38. The molecule has 2 aliphatic rings. The van der Waals surface area contributed by atoms with Gasteiger partial charge in [-0.05, 0) is 41.8 Å². The first-order valence-corrected chi connectivity index (χ1v) is 9.73. The van der Waals surface area contributed by atoms with Gasteiger partial charge in [-0.25, -0.2) is 4.39 Å². The van der Waals surface area contributed by atoms with E-state index in [0.717, 1.165) is 48.4 Å². The normalized spacial score (nSPS) is 19.5. The zero-order valence-electron chi connectivity index (χ0n) is 15.7. The van der Waals surface area contributed by atoms with Crippen LogP contribution in [0.3, 0.4) is 0 Å². The smallest absolute Gasteiger partial charge is 0.130 e. The fourth-order valence-corrected chi connectivity index (χ4v) is 3.72. The maximum Gasteiger partial charge on any atom is 0.130 e. The zero-order chi connectivity index (χ0) is 19.3. The van der Waals surface area contributed by atoms with Gasteiger partial charge in [0.05, 0.1) is 18.2 Å². The molecule has 0 bridgehead atoms. The Morgan fingerprint density at radius 3 is 3.04 bits per heavy atom. The number of halogens is 1. The molecule has 0 aliphatic carbocycles. The Hall–Kier alpha value is -2.46. The predicted octanol–water partition coefficient (Wildman–Crippen LogP) is 2.79. The molecule has 0 radical (unpaired) electrons. The van der Waals surface area contributed by atoms with E-state index in [1.54, 1.807) is 6.07 Å². The van der Waals surface area contributed by atoms with Gasteiger partial charge in [-0.1, -0.05) is 18.2 Å². The summed E-state index contributed by atoms with van der Waals surface area (Å²) in [5.41, 5.74) is 4.10. The number of rotatable bonds is 5. The largest absolute Gasteiger partial charge is 0.488 e. The lowest BCUT2D eigenvalue weighted by Crippen LogP contribution is -2.40. The highest BCUT2D eigenvalue weighted by molar-refractivity contribution is 5.75. The van der Waals surface area contributed by atoms with Crippen LogP contribution in [-0.2, 0) is 17.8 Å². The minimum atomic E-state index is -0.297. The number of ether oxygens (including phenoxy) is 2. The number of nitrogens with zero attached hydrogens (tertiary/aromatic N) is 1. The van der Waals surface area contributed by atoms with Crippen LogP contribution in [0.1, 0.15) is 17.5 Å². The van der Waals surface area contributed by atoms with Crippen LogP contribution in [-0.4, -0.2) is 38.4 Å². The Morgan fingerprint density at radius 1 is 1.25 bits per heavy atom. The van der Waals surface area contributed by atoms with Crippen LogP contribution < -0.4 is 15.4 Å². The second kappa shape index (κ2) is 8.70. The van der Waals surface area contributed by atoms with Crippen LogP contribution >= 0.6 is 0 Å². The van der Waals surface area contributed by atoms with Crippen LogP contribution in [0.15, 0.2) is 36.4 Å². The Morgan fingerprint density at radius 2 is 2.14 bits per heavy atom. The van der Waals surface area contributed by atoms with Gasteiger partial charge >= 0.3 is 0 Å². The van der Waals surface area contributed by atoms with E-state index < -0.39 is 0 Å². The summed E-state index contributed by atoms with van der Waals surface area (Å²) in [6, 6.07) is 12.8. The summed E-state index contributed by atoms with van der Waals surface area (Å²) in [4.78, 5) is 0. The molecule has 0 saturated carbocycles. The van der Waals surface area contributed by atoms with E-state index in [2.05, 4.69) is 22.8 Å². The lowest BCUT2D eigenvalue weighted by molar-refractivity contribution is 0.0660. The van der Waals surface area contributed by atoms with Crippen molar-refractivity contribution in [1.29, 1.82) is 5.26 Å². The molecule has 28 heavy (non-hydrogen) atoms. The molecule has 5 nitrogen and oxygen atoms in total. The van der Waals surface area contributed by atoms with Crippen molar-refractivity contribution in [3.63, 3.8) is 0 Å². The SMILES string of the molecule is N#CC(Cc1ccc2c(c1)COc1cc(F)ccc1-2)NCC1CNCCCO1. The van der Waals surface area contributed by atoms with Crippen molar-refractivity contribution in [3.8, 4) is 22.9 Å². The minimum absolute atomic E-state index is 0.0900. The topological polar surface area (TPSA) is 66.3 Å². The number of benzene rings is 2. The highest BCUT2D eigenvalue weighted by Gasteiger charge is 2.20. The van der Waals surface area contributed by atoms with Crippen molar-refractivity contribution >= 4 is 0 Å². The van der Waals surface area contributed by atoms with Gasteiger partial charge < -0.3 is 14.8 Å². The standard InChI is InChI=1S/C22H24FN3O2/c23-17-3-5-21-20-4-2-15(8-16(20)14-28-22(21)10-17)9-18(11-24)26-13-19-12-25-6-1-7-27-19/h2-5,8,10,18-19,25-26H,1,6-7,9,12-14H2. The molecular weight excluding hydrogens is 357 g/mol. The first kappa shape index (κ1) is 18.9. The van der Waals surface area contributed by atoms with Gasteiger partial charge in [0.2, 0.25) is 0 Å². The number of nitriles is 1. The highest BCUT2D eigenvalue weighted by atomic mass is 19.1. The van der Waals surface area contributed by atoms with Crippen LogP contribution in [0.5, 0.6) is 5.75 Å². The van der Waals surface area contributed by atoms with Gasteiger partial charge in [-0.15, -0.1) is 0 Å². The molecule has 6 heteroatoms. The maximum atomic E-state index is 13.4. The fourth-order valence-electron chi connectivity index (χ4n) is 3.72. The molecule has 2 aliphatic heterocycles. The average Bonchev–Trinajstić information content (AvgIpc) is 2.99. The zero-order valence-corrected chi connectivity index (χ0v) is 15.7. The third-order valence-electron chi connectivity index (χ3n) is 5.20. The van der Waals surface area contributed by atoms with Gasteiger partial charge in [0.25, 0.3) is 0 Å². The number of hydrogen-bond donors (Lipinski definition) is 2. The minimum Gasteiger partial charge on any atom is -0.488 e. The molecule has 0 spiro atoms. The van der Waals surface area contributed by atoms with Crippen LogP contribution in [0.4, 0.5) is 4.39 Å². The molecule has 2 atom stereocenters. The van der Waals surface area contributed by atoms with Crippen molar-refractivity contribution in [3.05, 3.63) is 53.3 Å². The van der Waals surface area contributed by atoms with E-state index in [1.807, 2.05) is 12.1 Å². The Balaban J connectivity index is 1.42. The second-order valence-corrected chi connectivity index (χ2v) is 7.27. The number of hydrogen-bond acceptors (Lipinski definition) is 5. The molecule has 2 aromatic rings. The molecule has 1 fully saturated rings. The van der Waals surface area contributed by atoms with Crippen molar-refractivity contribution in [1.82, 2.24) is 10.6 Å². The average molecular weight is 381 g/mol. The molecule has 4 rings (SSSR count). The summed E-state index contributed by atoms with van der Waals surface area (Å²) in [7, 11) is 0.